The summed E-state index contributed by atoms with van der Waals surface area (Å²) in [4.78, 5) is 0. The summed E-state index contributed by atoms with van der Waals surface area (Å²) in [5.41, 5.74) is 2.91. The first-order valence-corrected chi connectivity index (χ1v) is 6.77. The maximum atomic E-state index is 2.29. The summed E-state index contributed by atoms with van der Waals surface area (Å²) in [6.07, 6.45) is 2.93. The molecular formula is C12H17S+. The van der Waals surface area contributed by atoms with Crippen molar-refractivity contribution in [3.05, 3.63) is 35.4 Å². The van der Waals surface area contributed by atoms with Gasteiger partial charge in [0.15, 0.2) is 0 Å². The standard InChI is InChI=1S/C12H17S/c1-11-4-6-12(7-5-11)10-13-8-2-3-9-13/h4-7H,2-3,8-10H2,1H3/q+1. The van der Waals surface area contributed by atoms with Gasteiger partial charge in [-0.2, -0.15) is 0 Å². The van der Waals surface area contributed by atoms with E-state index in [2.05, 4.69) is 31.2 Å². The monoisotopic (exact) mass is 193 g/mol. The molecule has 0 atom stereocenters. The van der Waals surface area contributed by atoms with E-state index < -0.39 is 0 Å². The molecule has 0 radical (unpaired) electrons. The molecular weight excluding hydrogens is 176 g/mol. The lowest BCUT2D eigenvalue weighted by Gasteiger charge is -2.01. The molecule has 0 aliphatic carbocycles. The highest BCUT2D eigenvalue weighted by atomic mass is 32.2. The van der Waals surface area contributed by atoms with Crippen molar-refractivity contribution in [1.29, 1.82) is 0 Å². The third-order valence-corrected chi connectivity index (χ3v) is 5.08. The van der Waals surface area contributed by atoms with Gasteiger partial charge >= 0.3 is 0 Å². The zero-order valence-corrected chi connectivity index (χ0v) is 9.07. The molecule has 1 heterocycles. The Morgan fingerprint density at radius 3 is 2.31 bits per heavy atom. The summed E-state index contributed by atoms with van der Waals surface area (Å²) in [5.74, 6) is 4.29. The Morgan fingerprint density at radius 1 is 1.08 bits per heavy atom. The van der Waals surface area contributed by atoms with Crippen LogP contribution in [0.3, 0.4) is 0 Å². The third-order valence-electron chi connectivity index (χ3n) is 2.61. The van der Waals surface area contributed by atoms with Crippen molar-refractivity contribution in [2.24, 2.45) is 0 Å². The second-order valence-electron chi connectivity index (χ2n) is 3.86. The fraction of sp³-hybridized carbons (Fsp3) is 0.500. The molecule has 13 heavy (non-hydrogen) atoms. The first-order valence-electron chi connectivity index (χ1n) is 5.04. The molecule has 0 spiro atoms. The van der Waals surface area contributed by atoms with Crippen LogP contribution in [0.15, 0.2) is 24.3 Å². The molecule has 2 rings (SSSR count). The molecule has 0 amide bonds. The van der Waals surface area contributed by atoms with Crippen molar-refractivity contribution >= 4 is 10.9 Å². The summed E-state index contributed by atoms with van der Waals surface area (Å²) in [6.45, 7) is 2.15. The predicted octanol–water partition coefficient (Wildman–Crippen LogP) is 2.91. The van der Waals surface area contributed by atoms with E-state index >= 15 is 0 Å². The number of benzene rings is 1. The molecule has 0 N–H and O–H groups in total. The topological polar surface area (TPSA) is 0 Å². The minimum Gasteiger partial charge on any atom is -0.0589 e. The highest BCUT2D eigenvalue weighted by molar-refractivity contribution is 7.96. The molecule has 0 unspecified atom stereocenters. The minimum atomic E-state index is 0.715. The quantitative estimate of drug-likeness (QED) is 0.634. The van der Waals surface area contributed by atoms with Gasteiger partial charge in [0.1, 0.15) is 17.3 Å². The molecule has 0 nitrogen and oxygen atoms in total. The van der Waals surface area contributed by atoms with Crippen molar-refractivity contribution in [2.75, 3.05) is 11.5 Å². The molecule has 70 valence electrons. The maximum absolute atomic E-state index is 2.29. The highest BCUT2D eigenvalue weighted by Gasteiger charge is 2.23. The van der Waals surface area contributed by atoms with Gasteiger partial charge in [0, 0.05) is 5.56 Å². The second-order valence-corrected chi connectivity index (χ2v) is 6.19. The first-order chi connectivity index (χ1) is 6.34. The van der Waals surface area contributed by atoms with Crippen LogP contribution >= 0.6 is 0 Å². The van der Waals surface area contributed by atoms with E-state index in [0.717, 1.165) is 0 Å². The number of rotatable bonds is 2. The van der Waals surface area contributed by atoms with Crippen molar-refractivity contribution in [3.8, 4) is 0 Å². The van der Waals surface area contributed by atoms with Crippen molar-refractivity contribution < 1.29 is 0 Å². The molecule has 0 aromatic heterocycles. The van der Waals surface area contributed by atoms with Crippen LogP contribution in [0.4, 0.5) is 0 Å². The van der Waals surface area contributed by atoms with Crippen LogP contribution < -0.4 is 0 Å². The molecule has 1 fully saturated rings. The van der Waals surface area contributed by atoms with E-state index in [1.54, 1.807) is 0 Å². The first kappa shape index (κ1) is 9.14. The van der Waals surface area contributed by atoms with Crippen LogP contribution in [-0.4, -0.2) is 11.5 Å². The summed E-state index contributed by atoms with van der Waals surface area (Å²) in [7, 11) is 0.715. The molecule has 1 aliphatic rings. The SMILES string of the molecule is Cc1ccc(C[S+]2CCCC2)cc1. The van der Waals surface area contributed by atoms with Crippen LogP contribution in [0.1, 0.15) is 24.0 Å². The smallest absolute Gasteiger partial charge is 0.0589 e. The Hall–Kier alpha value is -0.430. The van der Waals surface area contributed by atoms with E-state index in [1.165, 1.54) is 41.2 Å². The molecule has 0 saturated carbocycles. The Bertz CT molecular complexity index is 257. The van der Waals surface area contributed by atoms with Crippen LogP contribution in [0.5, 0.6) is 0 Å². The van der Waals surface area contributed by atoms with Crippen LogP contribution in [0, 0.1) is 6.92 Å². The lowest BCUT2D eigenvalue weighted by Crippen LogP contribution is -2.06. The van der Waals surface area contributed by atoms with Crippen LogP contribution in [0.25, 0.3) is 0 Å². The van der Waals surface area contributed by atoms with Gasteiger partial charge in [0.2, 0.25) is 0 Å². The summed E-state index contributed by atoms with van der Waals surface area (Å²) >= 11 is 0. The second kappa shape index (κ2) is 4.19. The van der Waals surface area contributed by atoms with Crippen LogP contribution in [0.2, 0.25) is 0 Å². The van der Waals surface area contributed by atoms with Gasteiger partial charge in [-0.1, -0.05) is 29.8 Å². The van der Waals surface area contributed by atoms with Gasteiger partial charge in [0.05, 0.1) is 0 Å². The average molecular weight is 193 g/mol. The minimum absolute atomic E-state index is 0.715. The lowest BCUT2D eigenvalue weighted by atomic mass is 10.2. The molecule has 1 heteroatoms. The van der Waals surface area contributed by atoms with E-state index in [1.807, 2.05) is 0 Å². The lowest BCUT2D eigenvalue weighted by molar-refractivity contribution is 0.949. The third kappa shape index (κ3) is 2.50. The van der Waals surface area contributed by atoms with E-state index in [4.69, 9.17) is 0 Å². The summed E-state index contributed by atoms with van der Waals surface area (Å²) in [6, 6.07) is 9.05. The maximum Gasteiger partial charge on any atom is 0.133 e. The normalized spacial score (nSPS) is 17.9. The molecule has 0 bridgehead atoms. The fourth-order valence-electron chi connectivity index (χ4n) is 1.78. The van der Waals surface area contributed by atoms with E-state index in [0.29, 0.717) is 10.9 Å². The van der Waals surface area contributed by atoms with Gasteiger partial charge in [-0.3, -0.25) is 0 Å². The zero-order chi connectivity index (χ0) is 9.10. The molecule has 1 aliphatic heterocycles. The van der Waals surface area contributed by atoms with Crippen LogP contribution in [-0.2, 0) is 16.6 Å². The van der Waals surface area contributed by atoms with E-state index in [9.17, 15) is 0 Å². The number of aryl methyl sites for hydroxylation is 1. The Balaban J connectivity index is 1.97. The van der Waals surface area contributed by atoms with E-state index in [-0.39, 0.29) is 0 Å². The Labute approximate surface area is 83.7 Å². The van der Waals surface area contributed by atoms with Gasteiger partial charge in [-0.05, 0) is 30.7 Å². The van der Waals surface area contributed by atoms with Gasteiger partial charge in [-0.25, -0.2) is 0 Å². The van der Waals surface area contributed by atoms with Crippen molar-refractivity contribution in [3.63, 3.8) is 0 Å². The summed E-state index contributed by atoms with van der Waals surface area (Å²) in [5, 5.41) is 0. The molecule has 1 saturated heterocycles. The van der Waals surface area contributed by atoms with Gasteiger partial charge in [0.25, 0.3) is 0 Å². The zero-order valence-electron chi connectivity index (χ0n) is 8.25. The highest BCUT2D eigenvalue weighted by Crippen LogP contribution is 2.18. The number of hydrogen-bond acceptors (Lipinski definition) is 0. The van der Waals surface area contributed by atoms with Gasteiger partial charge in [-0.15, -0.1) is 0 Å². The average Bonchev–Trinajstić information content (AvgIpc) is 2.62. The molecule has 1 aromatic rings. The van der Waals surface area contributed by atoms with Crippen molar-refractivity contribution in [1.82, 2.24) is 0 Å². The Kier molecular flexibility index (Phi) is 2.94. The number of hydrogen-bond donors (Lipinski definition) is 0. The Morgan fingerprint density at radius 2 is 1.69 bits per heavy atom. The van der Waals surface area contributed by atoms with Crippen molar-refractivity contribution in [2.45, 2.75) is 25.5 Å². The largest absolute Gasteiger partial charge is 0.133 e. The fourth-order valence-corrected chi connectivity index (χ4v) is 4.16. The molecule has 1 aromatic carbocycles. The summed E-state index contributed by atoms with van der Waals surface area (Å²) < 4.78 is 0. The predicted molar refractivity (Wildman–Crippen MR) is 61.2 cm³/mol. The van der Waals surface area contributed by atoms with Gasteiger partial charge < -0.3 is 0 Å².